The fourth-order valence-electron chi connectivity index (χ4n) is 3.21. The van der Waals surface area contributed by atoms with Gasteiger partial charge in [0.25, 0.3) is 0 Å². The van der Waals surface area contributed by atoms with Gasteiger partial charge in [-0.2, -0.15) is 0 Å². The van der Waals surface area contributed by atoms with E-state index >= 15 is 0 Å². The third kappa shape index (κ3) is 3.52. The van der Waals surface area contributed by atoms with E-state index in [0.717, 1.165) is 4.88 Å². The lowest BCUT2D eigenvalue weighted by Gasteiger charge is -2.36. The van der Waals surface area contributed by atoms with Gasteiger partial charge in [-0.05, 0) is 42.6 Å². The number of aromatic nitrogens is 2. The second kappa shape index (κ2) is 6.82. The molecule has 4 rings (SSSR count). The molecule has 29 heavy (non-hydrogen) atoms. The highest BCUT2D eigenvalue weighted by atomic mass is 35.5. The number of halogens is 2. The van der Waals surface area contributed by atoms with Crippen LogP contribution in [0.1, 0.15) is 11.8 Å². The number of nitrogens with two attached hydrogens (primary N) is 1. The van der Waals surface area contributed by atoms with Crippen molar-refractivity contribution in [3.05, 3.63) is 46.4 Å². The van der Waals surface area contributed by atoms with E-state index in [4.69, 9.17) is 21.8 Å². The Morgan fingerprint density at radius 2 is 2.10 bits per heavy atom. The molecule has 0 bridgehead atoms. The van der Waals surface area contributed by atoms with E-state index in [-0.39, 0.29) is 17.6 Å². The van der Waals surface area contributed by atoms with Crippen LogP contribution in [0, 0.1) is 5.82 Å². The van der Waals surface area contributed by atoms with Crippen LogP contribution in [0.4, 0.5) is 4.39 Å². The molecule has 0 spiro atoms. The first-order chi connectivity index (χ1) is 13.6. The summed E-state index contributed by atoms with van der Waals surface area (Å²) in [6, 6.07) is 6.18. The van der Waals surface area contributed by atoms with Gasteiger partial charge in [-0.1, -0.05) is 11.6 Å². The monoisotopic (exact) mass is 453 g/mol. The predicted molar refractivity (Wildman–Crippen MR) is 115 cm³/mol. The van der Waals surface area contributed by atoms with Crippen LogP contribution in [0.3, 0.4) is 0 Å². The Balaban J connectivity index is 1.80. The smallest absolute Gasteiger partial charge is 0.247 e. The normalized spacial score (nSPS) is 24.6. The maximum atomic E-state index is 14.2. The molecule has 0 radical (unpaired) electrons. The number of rotatable bonds is 3. The molecule has 152 valence electrons. The number of aliphatic imine (C=N–C) groups is 1. The van der Waals surface area contributed by atoms with Crippen molar-refractivity contribution in [2.45, 2.75) is 12.5 Å². The summed E-state index contributed by atoms with van der Waals surface area (Å²) in [6.45, 7) is 1.81. The lowest BCUT2D eigenvalue weighted by Crippen LogP contribution is -2.50. The molecule has 1 aliphatic heterocycles. The molecule has 0 saturated carbocycles. The molecule has 7 nitrogen and oxygen atoms in total. The highest BCUT2D eigenvalue weighted by molar-refractivity contribution is 7.98. The Morgan fingerprint density at radius 1 is 1.38 bits per heavy atom. The first kappa shape index (κ1) is 19.9. The average molecular weight is 454 g/mol. The summed E-state index contributed by atoms with van der Waals surface area (Å²) in [5.74, 6) is 3.87. The largest absolute Gasteiger partial charge is 0.423 e. The first-order valence-electron chi connectivity index (χ1n) is 8.40. The second-order valence-electron chi connectivity index (χ2n) is 6.92. The van der Waals surface area contributed by atoms with Crippen LogP contribution in [0.15, 0.2) is 40.1 Å². The molecule has 3 heterocycles. The van der Waals surface area contributed by atoms with E-state index in [1.165, 1.54) is 34.2 Å². The maximum Gasteiger partial charge on any atom is 0.247 e. The zero-order chi connectivity index (χ0) is 21.0. The Bertz CT molecular complexity index is 1220. The summed E-state index contributed by atoms with van der Waals surface area (Å²) in [5, 5.41) is 7.88. The first-order valence-corrected chi connectivity index (χ1v) is 11.5. The molecule has 2 atom stereocenters. The molecule has 1 unspecified atom stereocenters. The van der Waals surface area contributed by atoms with Gasteiger partial charge in [0.05, 0.1) is 25.4 Å². The van der Waals surface area contributed by atoms with Gasteiger partial charge < -0.3 is 10.2 Å². The van der Waals surface area contributed by atoms with Crippen molar-refractivity contribution in [3.8, 4) is 21.9 Å². The van der Waals surface area contributed by atoms with Gasteiger partial charge in [0.15, 0.2) is 0 Å². The van der Waals surface area contributed by atoms with Crippen molar-refractivity contribution in [1.29, 1.82) is 0 Å². The lowest BCUT2D eigenvalue weighted by molar-refractivity contribution is 0.522. The molecule has 0 saturated heterocycles. The fourth-order valence-corrected chi connectivity index (χ4v) is 6.58. The number of hydrogen-bond donors (Lipinski definition) is 1. The van der Waals surface area contributed by atoms with E-state index < -0.39 is 21.1 Å². The van der Waals surface area contributed by atoms with E-state index in [2.05, 4.69) is 21.1 Å². The molecular weight excluding hydrogens is 437 g/mol. The van der Waals surface area contributed by atoms with E-state index in [1.807, 2.05) is 6.92 Å². The van der Waals surface area contributed by atoms with Crippen molar-refractivity contribution in [1.82, 2.24) is 14.5 Å². The summed E-state index contributed by atoms with van der Waals surface area (Å²) < 4.78 is 33.7. The number of nitrogens with zero attached hydrogens (tertiary/aromatic N) is 4. The number of hydrogen-bond acceptors (Lipinski definition) is 7. The predicted octanol–water partition coefficient (Wildman–Crippen LogP) is 3.36. The van der Waals surface area contributed by atoms with E-state index in [1.54, 1.807) is 19.2 Å². The molecule has 0 amide bonds. The second-order valence-corrected chi connectivity index (χ2v) is 10.8. The summed E-state index contributed by atoms with van der Waals surface area (Å²) in [7, 11) is -1.05. The fraction of sp³-hybridized carbons (Fsp3) is 0.222. The van der Waals surface area contributed by atoms with Crippen LogP contribution in [-0.4, -0.2) is 43.3 Å². The van der Waals surface area contributed by atoms with Crippen molar-refractivity contribution in [2.24, 2.45) is 10.7 Å². The van der Waals surface area contributed by atoms with Crippen molar-refractivity contribution in [3.63, 3.8) is 0 Å². The van der Waals surface area contributed by atoms with Gasteiger partial charge >= 0.3 is 0 Å². The minimum Gasteiger partial charge on any atom is -0.423 e. The molecule has 1 aliphatic rings. The van der Waals surface area contributed by atoms with Gasteiger partial charge in [0.1, 0.15) is 11.4 Å². The summed E-state index contributed by atoms with van der Waals surface area (Å²) in [5.41, 5.74) is 6.12. The Labute approximate surface area is 176 Å². The van der Waals surface area contributed by atoms with Crippen LogP contribution in [-0.2, 0) is 15.2 Å². The van der Waals surface area contributed by atoms with Crippen molar-refractivity contribution in [2.75, 3.05) is 12.8 Å². The third-order valence-corrected chi connectivity index (χ3v) is 8.70. The molecule has 0 aliphatic carbocycles. The van der Waals surface area contributed by atoms with Crippen LogP contribution in [0.5, 0.6) is 0 Å². The summed E-state index contributed by atoms with van der Waals surface area (Å²) >= 11 is 7.85. The number of thiophene rings is 1. The maximum absolute atomic E-state index is 14.2. The van der Waals surface area contributed by atoms with Crippen molar-refractivity contribution < 1.29 is 13.0 Å². The Kier molecular flexibility index (Phi) is 4.67. The highest BCUT2D eigenvalue weighted by Crippen LogP contribution is 2.44. The average Bonchev–Trinajstić information content (AvgIpc) is 3.29. The van der Waals surface area contributed by atoms with Gasteiger partial charge in [0.2, 0.25) is 18.2 Å². The molecule has 2 N–H and O–H groups in total. The lowest BCUT2D eigenvalue weighted by atomic mass is 10.0. The topological polar surface area (TPSA) is 97.6 Å². The molecular formula is C18H17ClFN5O2S2. The Morgan fingerprint density at radius 3 is 2.76 bits per heavy atom. The zero-order valence-corrected chi connectivity index (χ0v) is 17.9. The quantitative estimate of drug-likeness (QED) is 0.613. The number of benzene rings is 1. The van der Waals surface area contributed by atoms with E-state index in [9.17, 15) is 8.60 Å². The van der Waals surface area contributed by atoms with Gasteiger partial charge in [-0.15, -0.1) is 21.5 Å². The van der Waals surface area contributed by atoms with Crippen LogP contribution in [0.25, 0.3) is 21.9 Å². The third-order valence-electron chi connectivity index (χ3n) is 4.65. The molecule has 11 heteroatoms. The SMILES string of the molecule is C=S1(=O)C[C@@](C)(c2sc(-c3cc(F)cc(-c4nnco4)c3)cc2Cl)N=C(N)N1C. The summed E-state index contributed by atoms with van der Waals surface area (Å²) in [4.78, 5) is 5.93. The van der Waals surface area contributed by atoms with Gasteiger partial charge in [0, 0.05) is 17.5 Å². The highest BCUT2D eigenvalue weighted by Gasteiger charge is 2.39. The molecule has 0 fully saturated rings. The molecule has 1 aromatic carbocycles. The zero-order valence-electron chi connectivity index (χ0n) is 15.6. The minimum absolute atomic E-state index is 0.134. The Hall–Kier alpha value is -2.43. The van der Waals surface area contributed by atoms with Gasteiger partial charge in [-0.25, -0.2) is 13.6 Å². The van der Waals surface area contributed by atoms with Crippen molar-refractivity contribution >= 4 is 44.5 Å². The van der Waals surface area contributed by atoms with Crippen LogP contribution >= 0.6 is 22.9 Å². The minimum atomic E-state index is -2.64. The standard InChI is InChI=1S/C18H17ClFN5O2S2/c1-18(8-29(3,26)25(2)17(21)23-18)15-13(19)7-14(28-15)10-4-11(6-12(20)5-10)16-24-22-9-27-16/h4-7,9H,3,8H2,1-2H3,(H2,21,23)/t18-,29?/m0/s1. The molecule has 3 aromatic rings. The van der Waals surface area contributed by atoms with Gasteiger partial charge in [-0.3, -0.25) is 4.31 Å². The van der Waals surface area contributed by atoms with E-state index in [0.29, 0.717) is 21.0 Å². The molecule has 2 aromatic heterocycles. The number of guanidine groups is 1. The van der Waals surface area contributed by atoms with Crippen LogP contribution < -0.4 is 5.73 Å². The van der Waals surface area contributed by atoms with Crippen LogP contribution in [0.2, 0.25) is 5.02 Å². The summed E-state index contributed by atoms with van der Waals surface area (Å²) in [6.07, 6.45) is 1.18.